The maximum Gasteiger partial charge on any atom is 0.261 e. The lowest BCUT2D eigenvalue weighted by atomic mass is 9.93. The molecule has 0 fully saturated rings. The van der Waals surface area contributed by atoms with Crippen molar-refractivity contribution >= 4 is 35.4 Å². The summed E-state index contributed by atoms with van der Waals surface area (Å²) < 4.78 is 48.9. The Kier molecular flexibility index (Phi) is 5.34. The summed E-state index contributed by atoms with van der Waals surface area (Å²) >= 11 is 0. The van der Waals surface area contributed by atoms with Gasteiger partial charge in [-0.1, -0.05) is 27.7 Å². The van der Waals surface area contributed by atoms with E-state index in [4.69, 9.17) is 10.7 Å². The third-order valence-electron chi connectivity index (χ3n) is 2.99. The fraction of sp³-hybridized carbons (Fsp3) is 0.538. The van der Waals surface area contributed by atoms with Gasteiger partial charge < -0.3 is 0 Å². The number of anilines is 1. The molecular weight excluding hydrogens is 334 g/mol. The molecule has 0 radical (unpaired) electrons. The van der Waals surface area contributed by atoms with Crippen molar-refractivity contribution in [3.05, 3.63) is 23.3 Å². The summed E-state index contributed by atoms with van der Waals surface area (Å²) in [4.78, 5) is -0.0179. The molecule has 120 valence electrons. The lowest BCUT2D eigenvalue weighted by Gasteiger charge is -2.21. The largest absolute Gasteiger partial charge is 0.283 e. The Morgan fingerprint density at radius 3 is 1.57 bits per heavy atom. The van der Waals surface area contributed by atoms with Gasteiger partial charge in [-0.05, 0) is 35.1 Å². The maximum atomic E-state index is 11.6. The number of sulfonamides is 1. The quantitative estimate of drug-likeness (QED) is 0.824. The first-order chi connectivity index (χ1) is 9.33. The zero-order chi connectivity index (χ0) is 16.6. The normalized spacial score (nSPS) is 13.0. The van der Waals surface area contributed by atoms with Gasteiger partial charge in [0.05, 0.1) is 16.8 Å². The van der Waals surface area contributed by atoms with Gasteiger partial charge in [0.25, 0.3) is 9.05 Å². The van der Waals surface area contributed by atoms with E-state index in [1.165, 1.54) is 12.1 Å². The van der Waals surface area contributed by atoms with Crippen LogP contribution in [0.25, 0.3) is 0 Å². The fourth-order valence-electron chi connectivity index (χ4n) is 2.01. The van der Waals surface area contributed by atoms with Crippen LogP contribution in [0.4, 0.5) is 5.69 Å². The monoisotopic (exact) mass is 353 g/mol. The molecule has 8 heteroatoms. The Morgan fingerprint density at radius 1 is 0.952 bits per heavy atom. The molecule has 0 aliphatic heterocycles. The van der Waals surface area contributed by atoms with Gasteiger partial charge in [0.15, 0.2) is 0 Å². The number of benzene rings is 1. The molecule has 0 atom stereocenters. The van der Waals surface area contributed by atoms with Crippen LogP contribution < -0.4 is 4.72 Å². The van der Waals surface area contributed by atoms with E-state index in [-0.39, 0.29) is 16.7 Å². The van der Waals surface area contributed by atoms with Crippen molar-refractivity contribution in [2.45, 2.75) is 44.4 Å². The topological polar surface area (TPSA) is 80.3 Å². The first-order valence-corrected chi connectivity index (χ1v) is 10.6. The van der Waals surface area contributed by atoms with Gasteiger partial charge in [-0.15, -0.1) is 0 Å². The van der Waals surface area contributed by atoms with Crippen LogP contribution in [-0.2, 0) is 19.1 Å². The van der Waals surface area contributed by atoms with Crippen molar-refractivity contribution < 1.29 is 16.8 Å². The van der Waals surface area contributed by atoms with Gasteiger partial charge in [0, 0.05) is 10.7 Å². The Labute approximate surface area is 131 Å². The number of hydrogen-bond acceptors (Lipinski definition) is 4. The van der Waals surface area contributed by atoms with Crippen LogP contribution in [0.2, 0.25) is 0 Å². The third kappa shape index (κ3) is 4.86. The Balaban J connectivity index is 3.75. The highest BCUT2D eigenvalue weighted by atomic mass is 35.7. The molecule has 1 rings (SSSR count). The molecule has 0 aromatic heterocycles. The van der Waals surface area contributed by atoms with Gasteiger partial charge in [0.1, 0.15) is 0 Å². The number of rotatable bonds is 5. The molecule has 0 saturated heterocycles. The molecule has 1 aromatic rings. The molecule has 0 spiro atoms. The second kappa shape index (κ2) is 6.14. The minimum atomic E-state index is -3.88. The summed E-state index contributed by atoms with van der Waals surface area (Å²) in [5.74, 6) is -0.129. The van der Waals surface area contributed by atoms with Gasteiger partial charge >= 0.3 is 0 Å². The Bertz CT molecular complexity index is 708. The third-order valence-corrected chi connectivity index (χ3v) is 4.89. The average molecular weight is 354 g/mol. The smallest absolute Gasteiger partial charge is 0.261 e. The van der Waals surface area contributed by atoms with Crippen LogP contribution in [0.5, 0.6) is 0 Å². The number of halogens is 1. The van der Waals surface area contributed by atoms with E-state index in [1.54, 1.807) is 0 Å². The van der Waals surface area contributed by atoms with E-state index in [0.717, 1.165) is 6.26 Å². The minimum Gasteiger partial charge on any atom is -0.283 e. The van der Waals surface area contributed by atoms with Gasteiger partial charge in [-0.25, -0.2) is 16.8 Å². The van der Waals surface area contributed by atoms with Gasteiger partial charge in [-0.2, -0.15) is 0 Å². The molecule has 5 nitrogen and oxygen atoms in total. The van der Waals surface area contributed by atoms with Crippen molar-refractivity contribution in [2.24, 2.45) is 0 Å². The SMILES string of the molecule is CC(C)c1cc(S(=O)(=O)Cl)cc(C(C)C)c1NS(C)(=O)=O. The van der Waals surface area contributed by atoms with E-state index in [0.29, 0.717) is 16.8 Å². The lowest BCUT2D eigenvalue weighted by Crippen LogP contribution is -2.15. The average Bonchev–Trinajstić information content (AvgIpc) is 2.24. The number of hydrogen-bond donors (Lipinski definition) is 1. The highest BCUT2D eigenvalue weighted by Gasteiger charge is 2.22. The molecule has 0 unspecified atom stereocenters. The zero-order valence-electron chi connectivity index (χ0n) is 12.6. The second-order valence-corrected chi connectivity index (χ2v) is 9.91. The van der Waals surface area contributed by atoms with Crippen LogP contribution in [-0.4, -0.2) is 23.1 Å². The standard InChI is InChI=1S/C13H20ClNO4S2/c1-8(2)11-6-10(21(14,18)19)7-12(9(3)4)13(11)15-20(5,16)17/h6-9,15H,1-5H3. The molecule has 0 aliphatic rings. The zero-order valence-corrected chi connectivity index (χ0v) is 15.0. The molecular formula is C13H20ClNO4S2. The summed E-state index contributed by atoms with van der Waals surface area (Å²) in [7, 11) is -1.92. The molecule has 1 N–H and O–H groups in total. The first-order valence-electron chi connectivity index (χ1n) is 6.43. The maximum absolute atomic E-state index is 11.6. The fourth-order valence-corrected chi connectivity index (χ4v) is 3.42. The highest BCUT2D eigenvalue weighted by molar-refractivity contribution is 8.13. The molecule has 0 aliphatic carbocycles. The van der Waals surface area contributed by atoms with Gasteiger partial charge in [-0.3, -0.25) is 4.72 Å². The van der Waals surface area contributed by atoms with Crippen LogP contribution in [0.1, 0.15) is 50.7 Å². The van der Waals surface area contributed by atoms with E-state index in [2.05, 4.69) is 4.72 Å². The summed E-state index contributed by atoms with van der Waals surface area (Å²) in [5.41, 5.74) is 1.64. The summed E-state index contributed by atoms with van der Waals surface area (Å²) in [6.07, 6.45) is 1.06. The van der Waals surface area contributed by atoms with Crippen LogP contribution in [0, 0.1) is 0 Å². The van der Waals surface area contributed by atoms with Crippen molar-refractivity contribution in [3.8, 4) is 0 Å². The highest BCUT2D eigenvalue weighted by Crippen LogP contribution is 2.36. The lowest BCUT2D eigenvalue weighted by molar-refractivity contribution is 0.606. The minimum absolute atomic E-state index is 0.0179. The van der Waals surface area contributed by atoms with E-state index >= 15 is 0 Å². The molecule has 21 heavy (non-hydrogen) atoms. The van der Waals surface area contributed by atoms with Crippen molar-refractivity contribution in [3.63, 3.8) is 0 Å². The molecule has 0 bridgehead atoms. The molecule has 0 amide bonds. The molecule has 0 heterocycles. The van der Waals surface area contributed by atoms with Crippen molar-refractivity contribution in [1.82, 2.24) is 0 Å². The number of nitrogens with one attached hydrogen (secondary N) is 1. The Hall–Kier alpha value is -0.790. The molecule has 1 aromatic carbocycles. The summed E-state index contributed by atoms with van der Waals surface area (Å²) in [6, 6.07) is 2.85. The van der Waals surface area contributed by atoms with E-state index in [1.807, 2.05) is 27.7 Å². The predicted octanol–water partition coefficient (Wildman–Crippen LogP) is 3.23. The summed E-state index contributed by atoms with van der Waals surface area (Å²) in [5, 5.41) is 0. The predicted molar refractivity (Wildman–Crippen MR) is 86.1 cm³/mol. The van der Waals surface area contributed by atoms with Crippen LogP contribution >= 0.6 is 10.7 Å². The van der Waals surface area contributed by atoms with Gasteiger partial charge in [0.2, 0.25) is 10.0 Å². The molecule has 0 saturated carbocycles. The second-order valence-electron chi connectivity index (χ2n) is 5.60. The van der Waals surface area contributed by atoms with Crippen LogP contribution in [0.15, 0.2) is 17.0 Å². The van der Waals surface area contributed by atoms with Crippen LogP contribution in [0.3, 0.4) is 0 Å². The van der Waals surface area contributed by atoms with Crippen molar-refractivity contribution in [1.29, 1.82) is 0 Å². The Morgan fingerprint density at radius 2 is 1.33 bits per heavy atom. The first kappa shape index (κ1) is 18.3. The van der Waals surface area contributed by atoms with Crippen molar-refractivity contribution in [2.75, 3.05) is 11.0 Å². The van der Waals surface area contributed by atoms with E-state index < -0.39 is 19.1 Å². The van der Waals surface area contributed by atoms with E-state index in [9.17, 15) is 16.8 Å². The summed E-state index contributed by atoms with van der Waals surface area (Å²) in [6.45, 7) is 7.43.